The molecule has 0 radical (unpaired) electrons. The molecule has 0 unspecified atom stereocenters. The molecule has 5 heteroatoms. The largest absolute Gasteiger partial charge is 0.290 e. The van der Waals surface area contributed by atoms with Crippen molar-refractivity contribution in [1.29, 1.82) is 0 Å². The first-order chi connectivity index (χ1) is 8.63. The van der Waals surface area contributed by atoms with Crippen LogP contribution in [0.4, 0.5) is 8.78 Å². The van der Waals surface area contributed by atoms with Gasteiger partial charge < -0.3 is 0 Å². The molecule has 2 aromatic carbocycles. The number of hydrazine groups is 1. The van der Waals surface area contributed by atoms with Crippen molar-refractivity contribution in [1.82, 2.24) is 5.43 Å². The van der Waals surface area contributed by atoms with Crippen molar-refractivity contribution in [2.24, 2.45) is 5.84 Å². The Kier molecular flexibility index (Phi) is 3.34. The topological polar surface area (TPSA) is 55.1 Å². The maximum atomic E-state index is 13.5. The van der Waals surface area contributed by atoms with E-state index in [0.29, 0.717) is 11.1 Å². The van der Waals surface area contributed by atoms with Gasteiger partial charge in [0.25, 0.3) is 5.91 Å². The Morgan fingerprint density at radius 1 is 1.06 bits per heavy atom. The number of benzene rings is 2. The van der Waals surface area contributed by atoms with Crippen molar-refractivity contribution >= 4 is 5.91 Å². The Morgan fingerprint density at radius 2 is 1.72 bits per heavy atom. The Labute approximate surface area is 102 Å². The van der Waals surface area contributed by atoms with Gasteiger partial charge in [0.05, 0.1) is 0 Å². The molecule has 0 saturated carbocycles. The van der Waals surface area contributed by atoms with E-state index >= 15 is 0 Å². The zero-order valence-corrected chi connectivity index (χ0v) is 9.28. The number of nitrogens with one attached hydrogen (secondary N) is 1. The standard InChI is InChI=1S/C13H10F2N2O/c14-11-3-1-2-10(12(11)15)8-4-6-9(7-5-8)13(18)17-16/h1-7H,16H2,(H,17,18). The van der Waals surface area contributed by atoms with Gasteiger partial charge in [-0.25, -0.2) is 14.6 Å². The van der Waals surface area contributed by atoms with Crippen LogP contribution in [0.5, 0.6) is 0 Å². The summed E-state index contributed by atoms with van der Waals surface area (Å²) in [5.74, 6) is 2.73. The Morgan fingerprint density at radius 3 is 2.33 bits per heavy atom. The summed E-state index contributed by atoms with van der Waals surface area (Å²) in [6.07, 6.45) is 0. The monoisotopic (exact) mass is 248 g/mol. The molecule has 2 aromatic rings. The van der Waals surface area contributed by atoms with Crippen LogP contribution in [-0.4, -0.2) is 5.91 Å². The van der Waals surface area contributed by atoms with Crippen LogP contribution in [0.3, 0.4) is 0 Å². The van der Waals surface area contributed by atoms with Gasteiger partial charge in [-0.05, 0) is 23.8 Å². The highest BCUT2D eigenvalue weighted by atomic mass is 19.2. The van der Waals surface area contributed by atoms with Gasteiger partial charge in [-0.15, -0.1) is 0 Å². The molecular formula is C13H10F2N2O. The van der Waals surface area contributed by atoms with Crippen molar-refractivity contribution in [3.05, 3.63) is 59.7 Å². The lowest BCUT2D eigenvalue weighted by molar-refractivity contribution is 0.0953. The molecule has 0 aromatic heterocycles. The van der Waals surface area contributed by atoms with Crippen molar-refractivity contribution in [2.75, 3.05) is 0 Å². The molecule has 0 aliphatic heterocycles. The van der Waals surface area contributed by atoms with Gasteiger partial charge in [0.2, 0.25) is 0 Å². The van der Waals surface area contributed by atoms with Crippen molar-refractivity contribution < 1.29 is 13.6 Å². The summed E-state index contributed by atoms with van der Waals surface area (Å²) >= 11 is 0. The highest BCUT2D eigenvalue weighted by molar-refractivity contribution is 5.94. The third kappa shape index (κ3) is 2.21. The van der Waals surface area contributed by atoms with Crippen molar-refractivity contribution in [2.45, 2.75) is 0 Å². The third-order valence-electron chi connectivity index (χ3n) is 2.54. The second-order valence-electron chi connectivity index (χ2n) is 3.65. The highest BCUT2D eigenvalue weighted by Crippen LogP contribution is 2.24. The van der Waals surface area contributed by atoms with Crippen LogP contribution in [0.15, 0.2) is 42.5 Å². The van der Waals surface area contributed by atoms with Crippen LogP contribution in [-0.2, 0) is 0 Å². The normalized spacial score (nSPS) is 10.2. The maximum absolute atomic E-state index is 13.5. The molecule has 0 heterocycles. The summed E-state index contributed by atoms with van der Waals surface area (Å²) in [7, 11) is 0. The zero-order valence-electron chi connectivity index (χ0n) is 9.28. The molecule has 3 nitrogen and oxygen atoms in total. The Hall–Kier alpha value is -2.27. The van der Waals surface area contributed by atoms with Gasteiger partial charge in [-0.3, -0.25) is 10.2 Å². The van der Waals surface area contributed by atoms with Gasteiger partial charge >= 0.3 is 0 Å². The van der Waals surface area contributed by atoms with E-state index in [0.717, 1.165) is 6.07 Å². The fourth-order valence-electron chi connectivity index (χ4n) is 1.61. The number of hydrogen-bond donors (Lipinski definition) is 2. The van der Waals surface area contributed by atoms with Crippen molar-refractivity contribution in [3.63, 3.8) is 0 Å². The molecule has 0 fully saturated rings. The predicted molar refractivity (Wildman–Crippen MR) is 63.4 cm³/mol. The van der Waals surface area contributed by atoms with E-state index in [1.807, 2.05) is 5.43 Å². The second-order valence-corrected chi connectivity index (χ2v) is 3.65. The van der Waals surface area contributed by atoms with Gasteiger partial charge in [-0.1, -0.05) is 24.3 Å². The highest BCUT2D eigenvalue weighted by Gasteiger charge is 2.10. The number of halogens is 2. The molecule has 3 N–H and O–H groups in total. The maximum Gasteiger partial charge on any atom is 0.265 e. The predicted octanol–water partition coefficient (Wildman–Crippen LogP) is 2.24. The smallest absolute Gasteiger partial charge is 0.265 e. The molecule has 0 atom stereocenters. The number of carbonyl (C=O) groups excluding carboxylic acids is 1. The molecule has 0 spiro atoms. The molecule has 2 rings (SSSR count). The lowest BCUT2D eigenvalue weighted by Gasteiger charge is -2.05. The number of nitrogens with two attached hydrogens (primary N) is 1. The minimum Gasteiger partial charge on any atom is -0.290 e. The minimum atomic E-state index is -0.909. The summed E-state index contributed by atoms with van der Waals surface area (Å²) in [5.41, 5.74) is 2.97. The first-order valence-corrected chi connectivity index (χ1v) is 5.19. The van der Waals surface area contributed by atoms with E-state index in [-0.39, 0.29) is 5.56 Å². The second kappa shape index (κ2) is 4.93. The third-order valence-corrected chi connectivity index (χ3v) is 2.54. The van der Waals surface area contributed by atoms with Crippen molar-refractivity contribution in [3.8, 4) is 11.1 Å². The first-order valence-electron chi connectivity index (χ1n) is 5.19. The van der Waals surface area contributed by atoms with E-state index in [9.17, 15) is 13.6 Å². The number of rotatable bonds is 2. The fourth-order valence-corrected chi connectivity index (χ4v) is 1.61. The lowest BCUT2D eigenvalue weighted by Crippen LogP contribution is -2.29. The summed E-state index contributed by atoms with van der Waals surface area (Å²) < 4.78 is 26.6. The van der Waals surface area contributed by atoms with E-state index in [4.69, 9.17) is 5.84 Å². The number of hydrogen-bond acceptors (Lipinski definition) is 2. The average Bonchev–Trinajstić information content (AvgIpc) is 2.41. The lowest BCUT2D eigenvalue weighted by atomic mass is 10.0. The van der Waals surface area contributed by atoms with E-state index in [1.54, 1.807) is 0 Å². The number of amides is 1. The molecule has 1 amide bonds. The van der Waals surface area contributed by atoms with Crippen LogP contribution in [0.1, 0.15) is 10.4 Å². The SMILES string of the molecule is NNC(=O)c1ccc(-c2cccc(F)c2F)cc1. The van der Waals surface area contributed by atoms with Crippen LogP contribution < -0.4 is 11.3 Å². The summed E-state index contributed by atoms with van der Waals surface area (Å²) in [4.78, 5) is 11.2. The fraction of sp³-hybridized carbons (Fsp3) is 0. The molecule has 0 bridgehead atoms. The molecular weight excluding hydrogens is 238 g/mol. The van der Waals surface area contributed by atoms with Crippen LogP contribution >= 0.6 is 0 Å². The molecule has 0 saturated heterocycles. The number of carbonyl (C=O) groups is 1. The Balaban J connectivity index is 2.40. The first kappa shape index (κ1) is 12.2. The van der Waals surface area contributed by atoms with E-state index in [2.05, 4.69) is 0 Å². The molecule has 0 aliphatic rings. The summed E-state index contributed by atoms with van der Waals surface area (Å²) in [6.45, 7) is 0. The van der Waals surface area contributed by atoms with Gasteiger partial charge in [0, 0.05) is 11.1 Å². The van der Waals surface area contributed by atoms with Crippen LogP contribution in [0.25, 0.3) is 11.1 Å². The van der Waals surface area contributed by atoms with E-state index in [1.165, 1.54) is 36.4 Å². The Bertz CT molecular complexity index is 582. The minimum absolute atomic E-state index is 0.148. The van der Waals surface area contributed by atoms with Gasteiger partial charge in [0.1, 0.15) is 0 Å². The number of nitrogen functional groups attached to an aromatic ring is 1. The van der Waals surface area contributed by atoms with Gasteiger partial charge in [0.15, 0.2) is 11.6 Å². The zero-order chi connectivity index (χ0) is 13.1. The average molecular weight is 248 g/mol. The summed E-state index contributed by atoms with van der Waals surface area (Å²) in [5, 5.41) is 0. The van der Waals surface area contributed by atoms with Gasteiger partial charge in [-0.2, -0.15) is 0 Å². The van der Waals surface area contributed by atoms with E-state index < -0.39 is 17.5 Å². The molecule has 92 valence electrons. The van der Waals surface area contributed by atoms with Crippen LogP contribution in [0.2, 0.25) is 0 Å². The van der Waals surface area contributed by atoms with Crippen LogP contribution in [0, 0.1) is 11.6 Å². The molecule has 0 aliphatic carbocycles. The summed E-state index contributed by atoms with van der Waals surface area (Å²) in [6, 6.07) is 9.98. The molecule has 18 heavy (non-hydrogen) atoms. The quantitative estimate of drug-likeness (QED) is 0.486.